The molecule has 0 amide bonds. The molecule has 0 spiro atoms. The Hall–Kier alpha value is 0.340. The first kappa shape index (κ1) is 15.4. The van der Waals surface area contributed by atoms with Gasteiger partial charge in [-0.15, -0.1) is 0 Å². The first-order valence-corrected chi connectivity index (χ1v) is 9.94. The third-order valence-electron chi connectivity index (χ3n) is 2.88. The summed E-state index contributed by atoms with van der Waals surface area (Å²) in [6, 6.07) is 0. The highest BCUT2D eigenvalue weighted by atomic mass is 79.9. The van der Waals surface area contributed by atoms with Crippen molar-refractivity contribution in [2.75, 3.05) is 31.4 Å². The SMILES string of the molecule is CN(CC1CC(Br)C1)S(=O)(=O)CCS(C)(=O)=O. The Kier molecular flexibility index (Phi) is 5.02. The number of rotatable bonds is 6. The van der Waals surface area contributed by atoms with Crippen LogP contribution in [0.1, 0.15) is 12.8 Å². The van der Waals surface area contributed by atoms with E-state index in [-0.39, 0.29) is 11.5 Å². The third kappa shape index (κ3) is 5.23. The number of nitrogens with zero attached hydrogens (tertiary/aromatic N) is 1. The van der Waals surface area contributed by atoms with Crippen LogP contribution >= 0.6 is 15.9 Å². The van der Waals surface area contributed by atoms with Gasteiger partial charge >= 0.3 is 0 Å². The van der Waals surface area contributed by atoms with Crippen molar-refractivity contribution in [3.8, 4) is 0 Å². The van der Waals surface area contributed by atoms with E-state index in [0.717, 1.165) is 19.1 Å². The van der Waals surface area contributed by atoms with Crippen LogP contribution in [0.5, 0.6) is 0 Å². The average Bonchev–Trinajstić information content (AvgIpc) is 2.11. The van der Waals surface area contributed by atoms with Gasteiger partial charge in [0, 0.05) is 24.7 Å². The lowest BCUT2D eigenvalue weighted by Crippen LogP contribution is -2.39. The van der Waals surface area contributed by atoms with Crippen LogP contribution in [0.2, 0.25) is 0 Å². The molecule has 0 aromatic heterocycles. The quantitative estimate of drug-likeness (QED) is 0.654. The third-order valence-corrected chi connectivity index (χ3v) is 6.65. The molecule has 8 heteroatoms. The van der Waals surface area contributed by atoms with Crippen molar-refractivity contribution >= 4 is 35.8 Å². The molecule has 1 fully saturated rings. The molecular formula is C9H18BrNO4S2. The molecule has 1 rings (SSSR count). The summed E-state index contributed by atoms with van der Waals surface area (Å²) in [5.74, 6) is -0.254. The van der Waals surface area contributed by atoms with Gasteiger partial charge in [-0.3, -0.25) is 0 Å². The number of alkyl halides is 1. The topological polar surface area (TPSA) is 71.5 Å². The fourth-order valence-electron chi connectivity index (χ4n) is 1.69. The van der Waals surface area contributed by atoms with E-state index in [1.807, 2.05) is 0 Å². The van der Waals surface area contributed by atoms with Gasteiger partial charge in [0.15, 0.2) is 0 Å². The molecule has 1 aliphatic carbocycles. The van der Waals surface area contributed by atoms with Crippen LogP contribution in [0.4, 0.5) is 0 Å². The lowest BCUT2D eigenvalue weighted by molar-refractivity contribution is 0.275. The number of hydrogen-bond donors (Lipinski definition) is 0. The predicted molar refractivity (Wildman–Crippen MR) is 71.6 cm³/mol. The maximum atomic E-state index is 11.8. The Bertz CT molecular complexity index is 453. The second-order valence-electron chi connectivity index (χ2n) is 4.66. The van der Waals surface area contributed by atoms with Crippen LogP contribution in [-0.2, 0) is 19.9 Å². The van der Waals surface area contributed by atoms with Gasteiger partial charge in [-0.05, 0) is 18.8 Å². The van der Waals surface area contributed by atoms with Gasteiger partial charge in [0.2, 0.25) is 10.0 Å². The Balaban J connectivity index is 2.46. The molecule has 0 aromatic rings. The van der Waals surface area contributed by atoms with Crippen LogP contribution in [0.15, 0.2) is 0 Å². The molecule has 0 bridgehead atoms. The second kappa shape index (κ2) is 5.54. The van der Waals surface area contributed by atoms with Gasteiger partial charge in [0.1, 0.15) is 9.84 Å². The predicted octanol–water partition coefficient (Wildman–Crippen LogP) is 0.466. The van der Waals surface area contributed by atoms with Crippen molar-refractivity contribution < 1.29 is 16.8 Å². The van der Waals surface area contributed by atoms with Gasteiger partial charge < -0.3 is 0 Å². The lowest BCUT2D eigenvalue weighted by atomic mass is 9.85. The highest BCUT2D eigenvalue weighted by Crippen LogP contribution is 2.33. The summed E-state index contributed by atoms with van der Waals surface area (Å²) < 4.78 is 46.7. The first-order valence-electron chi connectivity index (χ1n) is 5.36. The first-order chi connectivity index (χ1) is 7.60. The smallest absolute Gasteiger partial charge is 0.214 e. The minimum atomic E-state index is -3.44. The Morgan fingerprint density at radius 1 is 1.18 bits per heavy atom. The van der Waals surface area contributed by atoms with Crippen LogP contribution in [0, 0.1) is 5.92 Å². The summed E-state index contributed by atoms with van der Waals surface area (Å²) in [5.41, 5.74) is 0. The maximum absolute atomic E-state index is 11.8. The van der Waals surface area contributed by atoms with Crippen LogP contribution in [0.25, 0.3) is 0 Å². The summed E-state index contributed by atoms with van der Waals surface area (Å²) in [6.07, 6.45) is 3.00. The molecule has 1 saturated carbocycles. The molecule has 0 heterocycles. The van der Waals surface area contributed by atoms with E-state index in [1.165, 1.54) is 11.4 Å². The van der Waals surface area contributed by atoms with Crippen LogP contribution in [-0.4, -0.2) is 57.3 Å². The van der Waals surface area contributed by atoms with Gasteiger partial charge in [-0.25, -0.2) is 21.1 Å². The molecule has 0 N–H and O–H groups in total. The van der Waals surface area contributed by atoms with Crippen LogP contribution < -0.4 is 0 Å². The standard InChI is InChI=1S/C9H18BrNO4S2/c1-11(7-8-5-9(10)6-8)17(14,15)4-3-16(2,12)13/h8-9H,3-7H2,1-2H3. The van der Waals surface area contributed by atoms with Crippen molar-refractivity contribution in [3.05, 3.63) is 0 Å². The second-order valence-corrected chi connectivity index (χ2v) is 10.4. The molecule has 0 atom stereocenters. The Labute approximate surface area is 112 Å². The number of sulfone groups is 1. The molecule has 0 saturated heterocycles. The van der Waals surface area contributed by atoms with Gasteiger partial charge in [-0.1, -0.05) is 15.9 Å². The largest absolute Gasteiger partial charge is 0.229 e. The molecule has 0 unspecified atom stereocenters. The molecule has 5 nitrogen and oxygen atoms in total. The molecule has 1 aliphatic rings. The van der Waals surface area contributed by atoms with E-state index < -0.39 is 19.9 Å². The average molecular weight is 348 g/mol. The fraction of sp³-hybridized carbons (Fsp3) is 1.00. The molecular weight excluding hydrogens is 330 g/mol. The van der Waals surface area contributed by atoms with Gasteiger partial charge in [0.05, 0.1) is 11.5 Å². The zero-order chi connectivity index (χ0) is 13.3. The van der Waals surface area contributed by atoms with Crippen molar-refractivity contribution in [3.63, 3.8) is 0 Å². The van der Waals surface area contributed by atoms with Gasteiger partial charge in [0.25, 0.3) is 0 Å². The molecule has 102 valence electrons. The van der Waals surface area contributed by atoms with Crippen LogP contribution in [0.3, 0.4) is 0 Å². The summed E-state index contributed by atoms with van der Waals surface area (Å²) in [6.45, 7) is 0.480. The van der Waals surface area contributed by atoms with E-state index in [2.05, 4.69) is 15.9 Å². The Morgan fingerprint density at radius 2 is 1.71 bits per heavy atom. The minimum Gasteiger partial charge on any atom is -0.229 e. The van der Waals surface area contributed by atoms with E-state index in [0.29, 0.717) is 17.3 Å². The van der Waals surface area contributed by atoms with E-state index in [4.69, 9.17) is 0 Å². The monoisotopic (exact) mass is 347 g/mol. The maximum Gasteiger partial charge on any atom is 0.214 e. The van der Waals surface area contributed by atoms with Crippen molar-refractivity contribution in [1.29, 1.82) is 0 Å². The summed E-state index contributed by atoms with van der Waals surface area (Å²) in [7, 11) is -5.16. The molecule has 0 radical (unpaired) electrons. The van der Waals surface area contributed by atoms with Gasteiger partial charge in [-0.2, -0.15) is 0 Å². The molecule has 0 aromatic carbocycles. The van der Waals surface area contributed by atoms with E-state index in [1.54, 1.807) is 0 Å². The highest BCUT2D eigenvalue weighted by molar-refractivity contribution is 9.09. The molecule has 17 heavy (non-hydrogen) atoms. The summed E-state index contributed by atoms with van der Waals surface area (Å²) >= 11 is 3.45. The summed E-state index contributed by atoms with van der Waals surface area (Å²) in [5, 5.41) is 0. The minimum absolute atomic E-state index is 0.314. The zero-order valence-corrected chi connectivity index (χ0v) is 13.2. The van der Waals surface area contributed by atoms with Crippen molar-refractivity contribution in [2.45, 2.75) is 17.7 Å². The Morgan fingerprint density at radius 3 is 2.12 bits per heavy atom. The molecule has 0 aliphatic heterocycles. The summed E-state index contributed by atoms with van der Waals surface area (Å²) in [4.78, 5) is 0.500. The lowest BCUT2D eigenvalue weighted by Gasteiger charge is -2.34. The number of hydrogen-bond acceptors (Lipinski definition) is 4. The number of sulfonamides is 1. The van der Waals surface area contributed by atoms with Crippen molar-refractivity contribution in [1.82, 2.24) is 4.31 Å². The fourth-order valence-corrected chi connectivity index (χ4v) is 5.55. The van der Waals surface area contributed by atoms with Crippen molar-refractivity contribution in [2.24, 2.45) is 5.92 Å². The van der Waals surface area contributed by atoms with E-state index >= 15 is 0 Å². The number of halogens is 1. The normalized spacial score (nSPS) is 25.9. The zero-order valence-electron chi connectivity index (χ0n) is 9.96. The highest BCUT2D eigenvalue weighted by Gasteiger charge is 2.30. The van der Waals surface area contributed by atoms with E-state index in [9.17, 15) is 16.8 Å².